The van der Waals surface area contributed by atoms with Crippen molar-refractivity contribution in [1.82, 2.24) is 26.6 Å². The minimum Gasteiger partial charge on any atom is -0.453 e. The number of benzene rings is 2. The molecule has 0 fully saturated rings. The average Bonchev–Trinajstić information content (AvgIpc) is 3.26. The van der Waals surface area contributed by atoms with Crippen molar-refractivity contribution >= 4 is 35.7 Å². The highest BCUT2D eigenvalue weighted by atomic mass is 16.6. The molecule has 2 aromatic carbocycles. The molecule has 5 amide bonds. The number of carbonyl (C=O) groups is 6. The third-order valence-electron chi connectivity index (χ3n) is 5.70. The number of amides is 5. The Morgan fingerprint density at radius 2 is 1.13 bits per heavy atom. The lowest BCUT2D eigenvalue weighted by Crippen LogP contribution is -2.48. The van der Waals surface area contributed by atoms with Crippen molar-refractivity contribution in [3.05, 3.63) is 59.7 Å². The predicted octanol–water partition coefficient (Wildman–Crippen LogP) is -0.491. The van der Waals surface area contributed by atoms with Gasteiger partial charge >= 0.3 is 12.1 Å². The van der Waals surface area contributed by atoms with E-state index in [9.17, 15) is 28.8 Å². The fourth-order valence-electron chi connectivity index (χ4n) is 4.04. The largest absolute Gasteiger partial charge is 0.453 e. The number of fused-ring (bicyclic) bond motifs is 3. The molecule has 0 spiro atoms. The Hall–Kier alpha value is -4.94. The molecule has 39 heavy (non-hydrogen) atoms. The topological polar surface area (TPSA) is 181 Å². The minimum absolute atomic E-state index is 0.387. The molecule has 13 nitrogen and oxygen atoms in total. The molecule has 5 N–H and O–H groups in total. The summed E-state index contributed by atoms with van der Waals surface area (Å²) in [6.45, 7) is -0.447. The van der Waals surface area contributed by atoms with Crippen molar-refractivity contribution in [2.45, 2.75) is 19.1 Å². The highest BCUT2D eigenvalue weighted by molar-refractivity contribution is 5.91. The summed E-state index contributed by atoms with van der Waals surface area (Å²) in [5.41, 5.74) is 3.74. The maximum Gasteiger partial charge on any atom is 0.407 e. The fraction of sp³-hybridized carbons (Fsp3) is 0.308. The Balaban J connectivity index is 1.49. The first-order valence-electron chi connectivity index (χ1n) is 12.0. The van der Waals surface area contributed by atoms with Crippen LogP contribution in [0.1, 0.15) is 24.0 Å². The van der Waals surface area contributed by atoms with Crippen LogP contribution in [0.15, 0.2) is 48.5 Å². The first-order valence-corrected chi connectivity index (χ1v) is 12.0. The minimum atomic E-state index is -1.02. The van der Waals surface area contributed by atoms with Crippen LogP contribution in [-0.2, 0) is 33.4 Å². The Bertz CT molecular complexity index is 1220. The van der Waals surface area contributed by atoms with Crippen molar-refractivity contribution in [2.75, 3.05) is 33.3 Å². The third kappa shape index (κ3) is 8.02. The smallest absolute Gasteiger partial charge is 0.407 e. The van der Waals surface area contributed by atoms with Crippen LogP contribution in [0.3, 0.4) is 0 Å². The van der Waals surface area contributed by atoms with Gasteiger partial charge in [-0.3, -0.25) is 24.0 Å². The summed E-state index contributed by atoms with van der Waals surface area (Å²) in [5, 5.41) is 11.8. The number of esters is 1. The molecule has 0 aliphatic heterocycles. The van der Waals surface area contributed by atoms with E-state index in [1.54, 1.807) is 0 Å². The van der Waals surface area contributed by atoms with Gasteiger partial charge in [-0.25, -0.2) is 4.79 Å². The van der Waals surface area contributed by atoms with E-state index in [1.807, 2.05) is 48.5 Å². The van der Waals surface area contributed by atoms with Gasteiger partial charge in [-0.05, 0) is 22.3 Å². The first-order chi connectivity index (χ1) is 18.7. The standard InChI is InChI=1S/C26H29N5O8/c1-15(32)39-25(24-18-9-5-3-7-16(18)17-8-4-6-10-19(17)24)31-23(36)14-29-21(34)12-27-20(33)11-28-22(35)13-30-26(37)38-2/h3-10,24-25H,11-14H2,1-2H3,(H,27,33)(H,28,35)(H,29,34)(H,30,37)(H,31,36). The SMILES string of the molecule is COC(=O)NCC(=O)NCC(=O)NCC(=O)NCC(=O)NC(OC(C)=O)C1c2ccccc2-c2ccccc21. The van der Waals surface area contributed by atoms with E-state index in [4.69, 9.17) is 4.74 Å². The van der Waals surface area contributed by atoms with Crippen LogP contribution in [0, 0.1) is 0 Å². The van der Waals surface area contributed by atoms with Crippen LogP contribution < -0.4 is 26.6 Å². The third-order valence-corrected chi connectivity index (χ3v) is 5.70. The molecular formula is C26H29N5O8. The highest BCUT2D eigenvalue weighted by Gasteiger charge is 2.36. The van der Waals surface area contributed by atoms with E-state index in [1.165, 1.54) is 6.92 Å². The molecule has 1 unspecified atom stereocenters. The van der Waals surface area contributed by atoms with E-state index in [-0.39, 0.29) is 6.54 Å². The molecule has 1 aliphatic carbocycles. The molecular weight excluding hydrogens is 510 g/mol. The maximum absolute atomic E-state index is 12.7. The predicted molar refractivity (Wildman–Crippen MR) is 137 cm³/mol. The van der Waals surface area contributed by atoms with Gasteiger partial charge in [0.2, 0.25) is 23.6 Å². The molecule has 0 bridgehead atoms. The number of alkyl carbamates (subject to hydrolysis) is 1. The lowest BCUT2D eigenvalue weighted by molar-refractivity contribution is -0.150. The first kappa shape index (κ1) is 28.6. The number of ether oxygens (including phenoxy) is 2. The molecule has 1 aliphatic rings. The quantitative estimate of drug-likeness (QED) is 0.187. The lowest BCUT2D eigenvalue weighted by atomic mass is 9.95. The van der Waals surface area contributed by atoms with Crippen molar-refractivity contribution in [2.24, 2.45) is 0 Å². The molecule has 0 aromatic heterocycles. The van der Waals surface area contributed by atoms with E-state index >= 15 is 0 Å². The molecule has 0 saturated carbocycles. The summed E-state index contributed by atoms with van der Waals surface area (Å²) >= 11 is 0. The number of hydrogen-bond donors (Lipinski definition) is 5. The van der Waals surface area contributed by atoms with Crippen LogP contribution in [0.25, 0.3) is 11.1 Å². The Morgan fingerprint density at radius 1 is 0.692 bits per heavy atom. The van der Waals surface area contributed by atoms with E-state index in [0.717, 1.165) is 29.4 Å². The second-order valence-corrected chi connectivity index (χ2v) is 8.43. The second-order valence-electron chi connectivity index (χ2n) is 8.43. The zero-order chi connectivity index (χ0) is 28.4. The monoisotopic (exact) mass is 539 g/mol. The molecule has 0 radical (unpaired) electrons. The maximum atomic E-state index is 12.7. The van der Waals surface area contributed by atoms with Crippen molar-refractivity contribution in [3.63, 3.8) is 0 Å². The molecule has 2 aromatic rings. The number of carbonyl (C=O) groups excluding carboxylic acids is 6. The average molecular weight is 540 g/mol. The molecule has 1 atom stereocenters. The Morgan fingerprint density at radius 3 is 1.59 bits per heavy atom. The van der Waals surface area contributed by atoms with E-state index in [0.29, 0.717) is 0 Å². The summed E-state index contributed by atoms with van der Waals surface area (Å²) in [5.74, 6) is -3.58. The molecule has 3 rings (SSSR count). The van der Waals surface area contributed by atoms with Crippen molar-refractivity contribution < 1.29 is 38.2 Å². The van der Waals surface area contributed by atoms with Gasteiger partial charge in [0.15, 0.2) is 6.23 Å². The van der Waals surface area contributed by atoms with Gasteiger partial charge in [0.1, 0.15) is 6.54 Å². The fourth-order valence-corrected chi connectivity index (χ4v) is 4.04. The summed E-state index contributed by atoms with van der Waals surface area (Å²) < 4.78 is 9.80. The van der Waals surface area contributed by atoms with Crippen LogP contribution in [-0.4, -0.2) is 75.2 Å². The Kier molecular flexibility index (Phi) is 9.95. The summed E-state index contributed by atoms with van der Waals surface area (Å²) in [6, 6.07) is 15.3. The van der Waals surface area contributed by atoms with Crippen LogP contribution >= 0.6 is 0 Å². The van der Waals surface area contributed by atoms with Gasteiger partial charge in [0.25, 0.3) is 0 Å². The van der Waals surface area contributed by atoms with Crippen molar-refractivity contribution in [3.8, 4) is 11.1 Å². The normalized spacial score (nSPS) is 12.2. The molecule has 206 valence electrons. The van der Waals surface area contributed by atoms with Crippen molar-refractivity contribution in [1.29, 1.82) is 0 Å². The van der Waals surface area contributed by atoms with Gasteiger partial charge in [-0.15, -0.1) is 0 Å². The number of rotatable bonds is 11. The van der Waals surface area contributed by atoms with Gasteiger partial charge in [0.05, 0.1) is 32.7 Å². The lowest BCUT2D eigenvalue weighted by Gasteiger charge is -2.26. The van der Waals surface area contributed by atoms with E-state index in [2.05, 4.69) is 31.3 Å². The molecule has 0 saturated heterocycles. The highest BCUT2D eigenvalue weighted by Crippen LogP contribution is 2.46. The van der Waals surface area contributed by atoms with Crippen LogP contribution in [0.5, 0.6) is 0 Å². The summed E-state index contributed by atoms with van der Waals surface area (Å²) in [6.07, 6.45) is -1.82. The summed E-state index contributed by atoms with van der Waals surface area (Å²) in [4.78, 5) is 71.0. The summed E-state index contributed by atoms with van der Waals surface area (Å²) in [7, 11) is 1.14. The zero-order valence-electron chi connectivity index (χ0n) is 21.4. The van der Waals surface area contributed by atoms with Gasteiger partial charge in [-0.1, -0.05) is 48.5 Å². The van der Waals surface area contributed by atoms with Crippen LogP contribution in [0.4, 0.5) is 4.79 Å². The van der Waals surface area contributed by atoms with E-state index < -0.39 is 67.5 Å². The molecule has 13 heteroatoms. The second kappa shape index (κ2) is 13.6. The molecule has 0 heterocycles. The van der Waals surface area contributed by atoms with Crippen LogP contribution in [0.2, 0.25) is 0 Å². The number of hydrogen-bond acceptors (Lipinski definition) is 8. The zero-order valence-corrected chi connectivity index (χ0v) is 21.4. The van der Waals surface area contributed by atoms with Gasteiger partial charge in [0, 0.05) is 6.92 Å². The van der Waals surface area contributed by atoms with Gasteiger partial charge in [-0.2, -0.15) is 0 Å². The number of nitrogens with one attached hydrogen (secondary N) is 5. The number of methoxy groups -OCH3 is 1. The van der Waals surface area contributed by atoms with Gasteiger partial charge < -0.3 is 36.1 Å². The Labute approximate surface area is 224 Å².